The van der Waals surface area contributed by atoms with E-state index in [1.165, 1.54) is 0 Å². The lowest BCUT2D eigenvalue weighted by atomic mass is 9.76. The molecule has 1 aliphatic heterocycles. The number of hydrogen-bond acceptors (Lipinski definition) is 5. The summed E-state index contributed by atoms with van der Waals surface area (Å²) < 4.78 is 58.9. The van der Waals surface area contributed by atoms with Crippen molar-refractivity contribution in [3.8, 4) is 11.8 Å². The van der Waals surface area contributed by atoms with Crippen molar-refractivity contribution in [1.29, 1.82) is 5.26 Å². The quantitative estimate of drug-likeness (QED) is 0.386. The molecule has 172 valence electrons. The standard InChI is InChI=1S/C23H25BrF2N2O3S/c1-21(2,3)32(29)28-22(23(25,26)15-30-12-11-27)14-20(16-7-5-4-6-8-16)31-19-10-9-17(24)13-18(19)22/h4-10,13,20,28H,12,14-15H2,1-3H3/t20?,22-,32?/m1/s1. The molecule has 2 aromatic rings. The summed E-state index contributed by atoms with van der Waals surface area (Å²) in [6, 6.07) is 15.7. The van der Waals surface area contributed by atoms with Crippen LogP contribution in [0.15, 0.2) is 53.0 Å². The Balaban J connectivity index is 2.19. The maximum Gasteiger partial charge on any atom is 0.297 e. The van der Waals surface area contributed by atoms with Gasteiger partial charge >= 0.3 is 0 Å². The molecule has 1 aliphatic rings. The Morgan fingerprint density at radius 3 is 2.59 bits per heavy atom. The largest absolute Gasteiger partial charge is 0.598 e. The maximum atomic E-state index is 16.0. The molecule has 0 aliphatic carbocycles. The van der Waals surface area contributed by atoms with E-state index in [4.69, 9.17) is 14.7 Å². The van der Waals surface area contributed by atoms with Crippen molar-refractivity contribution in [3.63, 3.8) is 0 Å². The van der Waals surface area contributed by atoms with E-state index >= 15 is 8.78 Å². The average Bonchev–Trinajstić information content (AvgIpc) is 2.73. The highest BCUT2D eigenvalue weighted by molar-refractivity contribution is 9.10. The van der Waals surface area contributed by atoms with E-state index in [2.05, 4.69) is 20.7 Å². The monoisotopic (exact) mass is 526 g/mol. The number of rotatable bonds is 7. The molecule has 32 heavy (non-hydrogen) atoms. The number of ether oxygens (including phenoxy) is 2. The first-order valence-electron chi connectivity index (χ1n) is 10.0. The Hall–Kier alpha value is -1.70. The summed E-state index contributed by atoms with van der Waals surface area (Å²) in [5.41, 5.74) is -1.16. The summed E-state index contributed by atoms with van der Waals surface area (Å²) in [6.07, 6.45) is -0.901. The lowest BCUT2D eigenvalue weighted by molar-refractivity contribution is -0.149. The number of hydrogen-bond donors (Lipinski definition) is 1. The van der Waals surface area contributed by atoms with Crippen molar-refractivity contribution < 1.29 is 22.8 Å². The lowest BCUT2D eigenvalue weighted by Gasteiger charge is -2.47. The summed E-state index contributed by atoms with van der Waals surface area (Å²) >= 11 is 1.53. The molecule has 2 unspecified atom stereocenters. The van der Waals surface area contributed by atoms with E-state index < -0.39 is 46.9 Å². The number of nitriles is 1. The summed E-state index contributed by atoms with van der Waals surface area (Å²) in [7, 11) is 0. The number of nitrogens with zero attached hydrogens (tertiary/aromatic N) is 1. The second kappa shape index (κ2) is 9.65. The molecule has 0 saturated heterocycles. The Morgan fingerprint density at radius 1 is 1.28 bits per heavy atom. The van der Waals surface area contributed by atoms with Crippen molar-refractivity contribution >= 4 is 27.3 Å². The molecule has 0 saturated carbocycles. The van der Waals surface area contributed by atoms with Crippen LogP contribution < -0.4 is 9.46 Å². The van der Waals surface area contributed by atoms with Crippen molar-refractivity contribution in [1.82, 2.24) is 4.72 Å². The van der Waals surface area contributed by atoms with E-state index in [1.807, 2.05) is 30.3 Å². The van der Waals surface area contributed by atoms with Gasteiger partial charge in [0.1, 0.15) is 29.8 Å². The first-order chi connectivity index (χ1) is 15.0. The van der Waals surface area contributed by atoms with Crippen LogP contribution in [0, 0.1) is 11.3 Å². The second-order valence-corrected chi connectivity index (χ2v) is 11.5. The summed E-state index contributed by atoms with van der Waals surface area (Å²) in [5, 5.41) is 8.76. The predicted molar refractivity (Wildman–Crippen MR) is 123 cm³/mol. The SMILES string of the molecule is CC(C)(C)[S+]([O-])N[C@]1(C(F)(F)COCC#N)CC(c2ccccc2)Oc2ccc(Br)cc21. The molecule has 0 aromatic heterocycles. The lowest BCUT2D eigenvalue weighted by Crippen LogP contribution is -2.63. The first kappa shape index (κ1) is 24.9. The highest BCUT2D eigenvalue weighted by Gasteiger charge is 2.62. The van der Waals surface area contributed by atoms with Gasteiger partial charge in [-0.3, -0.25) is 0 Å². The van der Waals surface area contributed by atoms with E-state index in [-0.39, 0.29) is 17.7 Å². The van der Waals surface area contributed by atoms with Crippen molar-refractivity contribution in [2.75, 3.05) is 13.2 Å². The Morgan fingerprint density at radius 2 is 1.97 bits per heavy atom. The van der Waals surface area contributed by atoms with Gasteiger partial charge in [0.2, 0.25) is 0 Å². The van der Waals surface area contributed by atoms with Gasteiger partial charge in [-0.1, -0.05) is 46.3 Å². The molecule has 5 nitrogen and oxygen atoms in total. The number of alkyl halides is 2. The topological polar surface area (TPSA) is 77.3 Å². The van der Waals surface area contributed by atoms with Crippen LogP contribution in [0.3, 0.4) is 0 Å². The van der Waals surface area contributed by atoms with E-state index in [0.717, 1.165) is 5.56 Å². The molecule has 9 heteroatoms. The molecular weight excluding hydrogens is 502 g/mol. The zero-order valence-corrected chi connectivity index (χ0v) is 20.4. The van der Waals surface area contributed by atoms with Crippen LogP contribution in [-0.2, 0) is 21.6 Å². The van der Waals surface area contributed by atoms with Gasteiger partial charge in [0.05, 0.1) is 6.07 Å². The Kier molecular flexibility index (Phi) is 7.52. The molecular formula is C23H25BrF2N2O3S. The average molecular weight is 527 g/mol. The van der Waals surface area contributed by atoms with Crippen LogP contribution in [0.25, 0.3) is 0 Å². The Labute approximate surface area is 198 Å². The first-order valence-corrected chi connectivity index (χ1v) is 12.0. The molecule has 1 heterocycles. The molecule has 0 fully saturated rings. The van der Waals surface area contributed by atoms with Crippen molar-refractivity contribution in [2.45, 2.75) is 49.5 Å². The summed E-state index contributed by atoms with van der Waals surface area (Å²) in [5.74, 6) is -3.25. The minimum absolute atomic E-state index is 0.183. The second-order valence-electron chi connectivity index (χ2n) is 8.61. The fraction of sp³-hybridized carbons (Fsp3) is 0.435. The molecule has 2 aromatic carbocycles. The van der Waals surface area contributed by atoms with Gasteiger partial charge in [0.25, 0.3) is 5.92 Å². The van der Waals surface area contributed by atoms with Gasteiger partial charge in [-0.2, -0.15) is 5.26 Å². The van der Waals surface area contributed by atoms with Crippen LogP contribution in [0.5, 0.6) is 5.75 Å². The predicted octanol–water partition coefficient (Wildman–Crippen LogP) is 5.40. The normalized spacial score (nSPS) is 21.9. The molecule has 0 radical (unpaired) electrons. The van der Waals surface area contributed by atoms with Gasteiger partial charge in [-0.25, -0.2) is 8.78 Å². The fourth-order valence-electron chi connectivity index (χ4n) is 3.55. The van der Waals surface area contributed by atoms with Crippen LogP contribution in [0.2, 0.25) is 0 Å². The molecule has 0 bridgehead atoms. The zero-order chi connectivity index (χ0) is 23.6. The van der Waals surface area contributed by atoms with Crippen molar-refractivity contribution in [3.05, 3.63) is 64.1 Å². The number of benzene rings is 2. The molecule has 3 atom stereocenters. The van der Waals surface area contributed by atoms with Gasteiger partial charge in [0, 0.05) is 27.8 Å². The summed E-state index contributed by atoms with van der Waals surface area (Å²) in [6.45, 7) is 3.65. The van der Waals surface area contributed by atoms with Gasteiger partial charge < -0.3 is 14.0 Å². The van der Waals surface area contributed by atoms with Gasteiger partial charge in [-0.05, 0) is 44.5 Å². The van der Waals surface area contributed by atoms with E-state index in [1.54, 1.807) is 45.0 Å². The van der Waals surface area contributed by atoms with Crippen LogP contribution in [-0.4, -0.2) is 28.4 Å². The molecule has 3 rings (SSSR count). The fourth-order valence-corrected chi connectivity index (χ4v) is 4.88. The third-order valence-corrected chi connectivity index (χ3v) is 7.37. The van der Waals surface area contributed by atoms with E-state index in [9.17, 15) is 4.55 Å². The molecule has 0 amide bonds. The van der Waals surface area contributed by atoms with Gasteiger partial charge in [0.15, 0.2) is 5.54 Å². The maximum absolute atomic E-state index is 16.0. The highest BCUT2D eigenvalue weighted by atomic mass is 79.9. The van der Waals surface area contributed by atoms with Crippen LogP contribution in [0.4, 0.5) is 8.78 Å². The Bertz CT molecular complexity index is 981. The number of fused-ring (bicyclic) bond motifs is 1. The molecule has 0 spiro atoms. The third kappa shape index (κ3) is 5.10. The van der Waals surface area contributed by atoms with E-state index in [0.29, 0.717) is 4.47 Å². The van der Waals surface area contributed by atoms with Crippen LogP contribution in [0.1, 0.15) is 44.4 Å². The smallest absolute Gasteiger partial charge is 0.297 e. The minimum Gasteiger partial charge on any atom is -0.598 e. The highest BCUT2D eigenvalue weighted by Crippen LogP contribution is 2.53. The summed E-state index contributed by atoms with van der Waals surface area (Å²) in [4.78, 5) is 0. The molecule has 1 N–H and O–H groups in total. The zero-order valence-electron chi connectivity index (χ0n) is 18.0. The minimum atomic E-state index is -3.52. The van der Waals surface area contributed by atoms with Gasteiger partial charge in [-0.15, -0.1) is 4.72 Å². The van der Waals surface area contributed by atoms with Crippen LogP contribution >= 0.6 is 15.9 Å². The third-order valence-electron chi connectivity index (χ3n) is 5.23. The van der Waals surface area contributed by atoms with Crippen molar-refractivity contribution in [2.24, 2.45) is 0 Å². The number of halogens is 3. The number of nitrogens with one attached hydrogen (secondary N) is 1.